The molecule has 6 heteroatoms. The molecule has 0 atom stereocenters. The largest absolute Gasteiger partial charge is 0.0963 e. The van der Waals surface area contributed by atoms with Crippen LogP contribution >= 0.6 is 23.6 Å². The SMILES string of the molecule is FN(Cl)N(F)Cl. The molecule has 0 aromatic carbocycles. The second-order valence-corrected chi connectivity index (χ2v) is 0.988. The van der Waals surface area contributed by atoms with Crippen molar-refractivity contribution in [1.82, 2.24) is 9.50 Å². The molecule has 0 radical (unpaired) electrons. The van der Waals surface area contributed by atoms with Crippen LogP contribution in [-0.4, -0.2) is 9.50 Å². The first kappa shape index (κ1) is 6.36. The quantitative estimate of drug-likeness (QED) is 0.399. The summed E-state index contributed by atoms with van der Waals surface area (Å²) in [5.74, 6) is 0. The molecular formula is Cl2F2N2. The van der Waals surface area contributed by atoms with Crippen LogP contribution in [0.15, 0.2) is 0 Å². The monoisotopic (exact) mass is 136 g/mol. The summed E-state index contributed by atoms with van der Waals surface area (Å²) in [4.78, 5) is 0. The maximum atomic E-state index is 10.8. The van der Waals surface area contributed by atoms with Gasteiger partial charge in [-0.2, -0.15) is 0 Å². The zero-order chi connectivity index (χ0) is 5.15. The third-order valence-electron chi connectivity index (χ3n) is 0.114. The Labute approximate surface area is 42.9 Å². The molecule has 0 bridgehead atoms. The molecule has 0 saturated carbocycles. The van der Waals surface area contributed by atoms with Crippen molar-refractivity contribution in [2.75, 3.05) is 0 Å². The van der Waals surface area contributed by atoms with Crippen LogP contribution < -0.4 is 0 Å². The zero-order valence-electron chi connectivity index (χ0n) is 2.41. The lowest BCUT2D eigenvalue weighted by molar-refractivity contribution is -0.133. The van der Waals surface area contributed by atoms with Crippen molar-refractivity contribution in [3.8, 4) is 0 Å². The zero-order valence-corrected chi connectivity index (χ0v) is 3.92. The number of hydrogen-bond donors (Lipinski definition) is 0. The highest BCUT2D eigenvalue weighted by molar-refractivity contribution is 6.17. The van der Waals surface area contributed by atoms with E-state index < -0.39 is 9.50 Å². The third-order valence-corrected chi connectivity index (χ3v) is 0.457. The van der Waals surface area contributed by atoms with Crippen molar-refractivity contribution in [2.24, 2.45) is 0 Å². The molecule has 38 valence electrons. The Bertz CT molecular complexity index is 30.5. The van der Waals surface area contributed by atoms with Gasteiger partial charge >= 0.3 is 0 Å². The number of hydrogen-bond acceptors (Lipinski definition) is 2. The van der Waals surface area contributed by atoms with E-state index in [2.05, 4.69) is 23.6 Å². The van der Waals surface area contributed by atoms with E-state index in [1.807, 2.05) is 0 Å². The molecule has 0 aromatic heterocycles. The van der Waals surface area contributed by atoms with Gasteiger partial charge in [-0.05, 0) is 0 Å². The highest BCUT2D eigenvalue weighted by Gasteiger charge is 2.03. The van der Waals surface area contributed by atoms with Crippen LogP contribution in [0.5, 0.6) is 0 Å². The lowest BCUT2D eigenvalue weighted by Gasteiger charge is -1.97. The van der Waals surface area contributed by atoms with Crippen molar-refractivity contribution < 1.29 is 8.96 Å². The average molecular weight is 137 g/mol. The Hall–Kier alpha value is 0.360. The number of halogens is 4. The lowest BCUT2D eigenvalue weighted by Crippen LogP contribution is -2.08. The summed E-state index contributed by atoms with van der Waals surface area (Å²) in [5, 5.41) is 0. The van der Waals surface area contributed by atoms with E-state index in [4.69, 9.17) is 0 Å². The minimum absolute atomic E-state index is 0.929. The Kier molecular flexibility index (Phi) is 2.67. The smallest absolute Gasteiger partial charge is 0.0621 e. The number of hydrazine groups is 1. The van der Waals surface area contributed by atoms with Gasteiger partial charge in [0, 0.05) is 23.6 Å². The fraction of sp³-hybridized carbons (Fsp3) is 0. The molecule has 0 aliphatic heterocycles. The Balaban J connectivity index is 2.99. The first-order valence-corrected chi connectivity index (χ1v) is 1.55. The Morgan fingerprint density at radius 2 is 1.17 bits per heavy atom. The topological polar surface area (TPSA) is 6.48 Å². The van der Waals surface area contributed by atoms with Gasteiger partial charge in [0.05, 0.1) is 9.50 Å². The predicted octanol–water partition coefficient (Wildman–Crippen LogP) is 1.58. The molecule has 0 heterocycles. The predicted molar refractivity (Wildman–Crippen MR) is 17.6 cm³/mol. The molecule has 0 fully saturated rings. The molecule has 2 nitrogen and oxygen atoms in total. The van der Waals surface area contributed by atoms with Crippen LogP contribution in [0.2, 0.25) is 0 Å². The van der Waals surface area contributed by atoms with Gasteiger partial charge in [-0.25, -0.2) is 0 Å². The first-order valence-electron chi connectivity index (χ1n) is 0.876. The van der Waals surface area contributed by atoms with Crippen molar-refractivity contribution >= 4 is 23.6 Å². The van der Waals surface area contributed by atoms with Crippen LogP contribution in [0.25, 0.3) is 0 Å². The summed E-state index contributed by atoms with van der Waals surface area (Å²) in [6.45, 7) is 0. The summed E-state index contributed by atoms with van der Waals surface area (Å²) >= 11 is 8.40. The summed E-state index contributed by atoms with van der Waals surface area (Å²) in [5.41, 5.74) is 0. The lowest BCUT2D eigenvalue weighted by atomic mass is 12.8. The summed E-state index contributed by atoms with van der Waals surface area (Å²) in [6.07, 6.45) is 0. The van der Waals surface area contributed by atoms with Crippen molar-refractivity contribution in [3.63, 3.8) is 0 Å². The molecule has 0 aliphatic carbocycles. The minimum Gasteiger partial charge on any atom is -0.0963 e. The first-order chi connectivity index (χ1) is 2.64. The van der Waals surface area contributed by atoms with E-state index in [9.17, 15) is 8.96 Å². The third kappa shape index (κ3) is 2.59. The molecule has 0 aliphatic rings. The normalized spacial score (nSPS) is 11.0. The average Bonchev–Trinajstić information content (AvgIpc) is 1.36. The molecule has 0 saturated heterocycles. The van der Waals surface area contributed by atoms with Crippen LogP contribution in [0.4, 0.5) is 8.96 Å². The van der Waals surface area contributed by atoms with Crippen LogP contribution in [0, 0.1) is 0 Å². The summed E-state index contributed by atoms with van der Waals surface area (Å²) in [7, 11) is 0. The molecular weight excluding hydrogens is 137 g/mol. The molecule has 0 unspecified atom stereocenters. The fourth-order valence-corrected chi connectivity index (χ4v) is 0. The van der Waals surface area contributed by atoms with E-state index in [-0.39, 0.29) is 0 Å². The molecule has 6 heavy (non-hydrogen) atoms. The van der Waals surface area contributed by atoms with E-state index in [0.29, 0.717) is 0 Å². The highest BCUT2D eigenvalue weighted by atomic mass is 35.5. The second-order valence-electron chi connectivity index (χ2n) is 0.430. The van der Waals surface area contributed by atoms with E-state index >= 15 is 0 Å². The van der Waals surface area contributed by atoms with E-state index in [0.717, 1.165) is 0 Å². The standard InChI is InChI=1S/Cl2F2N2/c1-5(3)6(2)4. The van der Waals surface area contributed by atoms with Gasteiger partial charge in [0.15, 0.2) is 0 Å². The molecule has 0 aromatic rings. The van der Waals surface area contributed by atoms with E-state index in [1.54, 1.807) is 0 Å². The number of nitrogens with zero attached hydrogens (tertiary/aromatic N) is 2. The Morgan fingerprint density at radius 1 is 1.00 bits per heavy atom. The van der Waals surface area contributed by atoms with Crippen LogP contribution in [0.3, 0.4) is 0 Å². The van der Waals surface area contributed by atoms with Gasteiger partial charge in [0.25, 0.3) is 0 Å². The highest BCUT2D eigenvalue weighted by Crippen LogP contribution is 2.04. The molecule has 0 spiro atoms. The van der Waals surface area contributed by atoms with Gasteiger partial charge in [0.2, 0.25) is 0 Å². The summed E-state index contributed by atoms with van der Waals surface area (Å²) in [6, 6.07) is 0. The molecule has 0 N–H and O–H groups in total. The Morgan fingerprint density at radius 3 is 1.17 bits per heavy atom. The van der Waals surface area contributed by atoms with Crippen LogP contribution in [-0.2, 0) is 0 Å². The minimum atomic E-state index is -0.929. The van der Waals surface area contributed by atoms with Crippen molar-refractivity contribution in [3.05, 3.63) is 0 Å². The van der Waals surface area contributed by atoms with Crippen molar-refractivity contribution in [1.29, 1.82) is 0 Å². The van der Waals surface area contributed by atoms with Crippen molar-refractivity contribution in [2.45, 2.75) is 0 Å². The summed E-state index contributed by atoms with van der Waals surface area (Å²) < 4.78 is 19.8. The molecule has 0 amide bonds. The van der Waals surface area contributed by atoms with Gasteiger partial charge in [0.1, 0.15) is 0 Å². The van der Waals surface area contributed by atoms with Gasteiger partial charge in [-0.1, -0.05) is 8.96 Å². The van der Waals surface area contributed by atoms with Gasteiger partial charge in [-0.15, -0.1) is 0 Å². The number of rotatable bonds is 1. The van der Waals surface area contributed by atoms with Gasteiger partial charge in [-0.3, -0.25) is 0 Å². The van der Waals surface area contributed by atoms with E-state index in [1.165, 1.54) is 0 Å². The maximum Gasteiger partial charge on any atom is 0.0621 e. The van der Waals surface area contributed by atoms with Crippen LogP contribution in [0.1, 0.15) is 0 Å². The fourth-order valence-electron chi connectivity index (χ4n) is 0. The second kappa shape index (κ2) is 2.52. The van der Waals surface area contributed by atoms with Gasteiger partial charge < -0.3 is 0 Å². The maximum absolute atomic E-state index is 10.8. The molecule has 0 rings (SSSR count).